The first kappa shape index (κ1) is 23.5. The van der Waals surface area contributed by atoms with Crippen molar-refractivity contribution in [2.24, 2.45) is 0 Å². The molecule has 2 aliphatic carbocycles. The number of nitrogens with zero attached hydrogens (tertiary/aromatic N) is 3. The number of carbonyl (C=O) groups excluding carboxylic acids is 1. The molecule has 37 heavy (non-hydrogen) atoms. The summed E-state index contributed by atoms with van der Waals surface area (Å²) in [5.41, 5.74) is 2.97. The van der Waals surface area contributed by atoms with Crippen LogP contribution >= 0.6 is 0 Å². The molecular weight excluding hydrogens is 476 g/mol. The van der Waals surface area contributed by atoms with Gasteiger partial charge in [-0.25, -0.2) is 8.78 Å². The van der Waals surface area contributed by atoms with Gasteiger partial charge in [0.15, 0.2) is 23.1 Å². The fraction of sp³-hybridized carbons (Fsp3) is 0.310. The summed E-state index contributed by atoms with van der Waals surface area (Å²) in [6.45, 7) is 4.79. The standard InChI is InChI=1S/C29H27F2N3O3/c1-3-5-12-37-27-25(35)10-11-33-26(27)28(36)32(4-2)17-34(33)29-20(13-18-8-6-7-9-21(18)29)14-19-15-23(30)24(31)16-22(19)29/h6-11,14-16H,3-5,12-13,17H2,1-2H3. The van der Waals surface area contributed by atoms with Gasteiger partial charge in [0.1, 0.15) is 12.2 Å². The van der Waals surface area contributed by atoms with Crippen molar-refractivity contribution in [1.82, 2.24) is 9.58 Å². The zero-order valence-electron chi connectivity index (χ0n) is 20.8. The minimum Gasteiger partial charge on any atom is -0.487 e. The first-order valence-electron chi connectivity index (χ1n) is 12.7. The van der Waals surface area contributed by atoms with Crippen LogP contribution in [0.5, 0.6) is 5.75 Å². The molecule has 0 saturated carbocycles. The molecule has 190 valence electrons. The number of aromatic nitrogens is 1. The maximum atomic E-state index is 14.8. The Hall–Kier alpha value is -3.94. The molecule has 1 amide bonds. The Morgan fingerprint density at radius 3 is 2.59 bits per heavy atom. The highest BCUT2D eigenvalue weighted by atomic mass is 19.2. The van der Waals surface area contributed by atoms with E-state index >= 15 is 0 Å². The molecule has 2 heterocycles. The molecule has 3 aliphatic rings. The zero-order chi connectivity index (χ0) is 25.9. The van der Waals surface area contributed by atoms with E-state index in [2.05, 4.69) is 0 Å². The predicted octanol–water partition coefficient (Wildman–Crippen LogP) is 4.57. The molecule has 1 atom stereocenters. The first-order chi connectivity index (χ1) is 17.9. The number of hydrogen-bond donors (Lipinski definition) is 0. The van der Waals surface area contributed by atoms with E-state index in [0.29, 0.717) is 30.7 Å². The van der Waals surface area contributed by atoms with Crippen LogP contribution in [0.3, 0.4) is 0 Å². The molecule has 3 aromatic rings. The van der Waals surface area contributed by atoms with Crippen molar-refractivity contribution < 1.29 is 18.3 Å². The lowest BCUT2D eigenvalue weighted by atomic mass is 9.83. The Balaban J connectivity index is 1.65. The van der Waals surface area contributed by atoms with Gasteiger partial charge < -0.3 is 9.64 Å². The summed E-state index contributed by atoms with van der Waals surface area (Å²) in [4.78, 5) is 28.2. The summed E-state index contributed by atoms with van der Waals surface area (Å²) in [5, 5.41) is 1.99. The second kappa shape index (κ2) is 8.57. The van der Waals surface area contributed by atoms with Crippen LogP contribution in [0.2, 0.25) is 0 Å². The van der Waals surface area contributed by atoms with Crippen molar-refractivity contribution in [2.45, 2.75) is 38.6 Å². The second-order valence-electron chi connectivity index (χ2n) is 9.67. The minimum atomic E-state index is -0.987. The third-order valence-electron chi connectivity index (χ3n) is 7.67. The largest absolute Gasteiger partial charge is 0.487 e. The van der Waals surface area contributed by atoms with Crippen LogP contribution in [0, 0.1) is 11.6 Å². The Morgan fingerprint density at radius 2 is 1.81 bits per heavy atom. The number of halogens is 2. The number of rotatable bonds is 6. The number of fused-ring (bicyclic) bond motifs is 6. The molecule has 1 aromatic heterocycles. The lowest BCUT2D eigenvalue weighted by molar-refractivity contribution is 0.0675. The molecule has 0 bridgehead atoms. The average Bonchev–Trinajstić information content (AvgIpc) is 3.37. The molecule has 6 rings (SSSR count). The summed E-state index contributed by atoms with van der Waals surface area (Å²) in [5.74, 6) is -2.12. The molecule has 1 aliphatic heterocycles. The van der Waals surface area contributed by atoms with Gasteiger partial charge in [-0.2, -0.15) is 0 Å². The third kappa shape index (κ3) is 3.21. The summed E-state index contributed by atoms with van der Waals surface area (Å²) in [6.07, 6.45) is 5.72. The third-order valence-corrected chi connectivity index (χ3v) is 7.67. The number of amides is 1. The van der Waals surface area contributed by atoms with Gasteiger partial charge in [-0.05, 0) is 59.7 Å². The van der Waals surface area contributed by atoms with E-state index in [-0.39, 0.29) is 29.4 Å². The molecule has 8 heteroatoms. The molecule has 1 unspecified atom stereocenters. The van der Waals surface area contributed by atoms with Crippen molar-refractivity contribution in [3.63, 3.8) is 0 Å². The van der Waals surface area contributed by atoms with Gasteiger partial charge in [-0.3, -0.25) is 19.3 Å². The van der Waals surface area contributed by atoms with Gasteiger partial charge in [0.2, 0.25) is 5.43 Å². The average molecular weight is 504 g/mol. The van der Waals surface area contributed by atoms with Crippen molar-refractivity contribution in [3.8, 4) is 5.75 Å². The molecule has 0 fully saturated rings. The quantitative estimate of drug-likeness (QED) is 0.463. The fourth-order valence-corrected chi connectivity index (χ4v) is 5.95. The molecule has 2 aromatic carbocycles. The Bertz CT molecular complexity index is 1530. The van der Waals surface area contributed by atoms with E-state index in [4.69, 9.17) is 4.74 Å². The van der Waals surface area contributed by atoms with Crippen molar-refractivity contribution >= 4 is 12.0 Å². The highest BCUT2D eigenvalue weighted by Crippen LogP contribution is 2.55. The number of pyridine rings is 1. The normalized spacial score (nSPS) is 19.4. The summed E-state index contributed by atoms with van der Waals surface area (Å²) in [7, 11) is 0. The topological polar surface area (TPSA) is 54.8 Å². The number of unbranched alkanes of at least 4 members (excludes halogenated alkanes) is 1. The first-order valence-corrected chi connectivity index (χ1v) is 12.7. The van der Waals surface area contributed by atoms with Crippen molar-refractivity contribution in [1.29, 1.82) is 0 Å². The van der Waals surface area contributed by atoms with Gasteiger partial charge >= 0.3 is 0 Å². The molecule has 0 N–H and O–H groups in total. The lowest BCUT2D eigenvalue weighted by Crippen LogP contribution is -2.62. The van der Waals surface area contributed by atoms with E-state index in [9.17, 15) is 18.4 Å². The van der Waals surface area contributed by atoms with Gasteiger partial charge in [0.05, 0.1) is 6.61 Å². The van der Waals surface area contributed by atoms with Crippen LogP contribution in [0.1, 0.15) is 59.4 Å². The molecule has 0 spiro atoms. The molecule has 0 radical (unpaired) electrons. The maximum absolute atomic E-state index is 14.8. The summed E-state index contributed by atoms with van der Waals surface area (Å²) in [6, 6.07) is 11.8. The lowest BCUT2D eigenvalue weighted by Gasteiger charge is -2.49. The van der Waals surface area contributed by atoms with Crippen LogP contribution < -0.4 is 15.2 Å². The molecule has 6 nitrogen and oxygen atoms in total. The van der Waals surface area contributed by atoms with E-state index in [1.54, 1.807) is 15.8 Å². The molecule has 0 saturated heterocycles. The number of carbonyl (C=O) groups is 1. The SMILES string of the molecule is CCCCOc1c2n(ccc1=O)N(C13C(=Cc4cc(F)c(F)cc41)Cc1ccccc13)CN(CC)C2=O. The van der Waals surface area contributed by atoms with Gasteiger partial charge in [-0.1, -0.05) is 43.7 Å². The van der Waals surface area contributed by atoms with Crippen LogP contribution in [-0.2, 0) is 12.0 Å². The van der Waals surface area contributed by atoms with Crippen LogP contribution in [-0.4, -0.2) is 35.3 Å². The van der Waals surface area contributed by atoms with Gasteiger partial charge in [-0.15, -0.1) is 0 Å². The highest BCUT2D eigenvalue weighted by molar-refractivity contribution is 5.96. The van der Waals surface area contributed by atoms with E-state index in [1.165, 1.54) is 18.2 Å². The van der Waals surface area contributed by atoms with Crippen molar-refractivity contribution in [3.05, 3.63) is 104 Å². The predicted molar refractivity (Wildman–Crippen MR) is 136 cm³/mol. The fourth-order valence-electron chi connectivity index (χ4n) is 5.95. The van der Waals surface area contributed by atoms with Crippen LogP contribution in [0.15, 0.2) is 59.0 Å². The van der Waals surface area contributed by atoms with Gasteiger partial charge in [0.25, 0.3) is 5.91 Å². The number of benzene rings is 2. The van der Waals surface area contributed by atoms with Crippen LogP contribution in [0.25, 0.3) is 6.08 Å². The zero-order valence-corrected chi connectivity index (χ0v) is 20.8. The monoisotopic (exact) mass is 503 g/mol. The Labute approximate surface area is 213 Å². The highest BCUT2D eigenvalue weighted by Gasteiger charge is 2.55. The van der Waals surface area contributed by atoms with Crippen LogP contribution in [0.4, 0.5) is 8.78 Å². The van der Waals surface area contributed by atoms with E-state index in [1.807, 2.05) is 49.2 Å². The second-order valence-corrected chi connectivity index (χ2v) is 9.67. The number of hydrogen-bond acceptors (Lipinski definition) is 4. The molecular formula is C29H27F2N3O3. The maximum Gasteiger partial charge on any atom is 0.277 e. The minimum absolute atomic E-state index is 0.0146. The van der Waals surface area contributed by atoms with Crippen molar-refractivity contribution in [2.75, 3.05) is 24.8 Å². The van der Waals surface area contributed by atoms with Gasteiger partial charge in [0, 0.05) is 18.8 Å². The number of ether oxygens (including phenoxy) is 1. The smallest absolute Gasteiger partial charge is 0.277 e. The van der Waals surface area contributed by atoms with E-state index < -0.39 is 17.2 Å². The Morgan fingerprint density at radius 1 is 1.03 bits per heavy atom. The Kier molecular flexibility index (Phi) is 5.44. The van der Waals surface area contributed by atoms with E-state index in [0.717, 1.165) is 29.5 Å². The summed E-state index contributed by atoms with van der Waals surface area (Å²) >= 11 is 0. The summed E-state index contributed by atoms with van der Waals surface area (Å²) < 4.78 is 36.7.